The lowest BCUT2D eigenvalue weighted by molar-refractivity contribution is 0.305. The summed E-state index contributed by atoms with van der Waals surface area (Å²) in [4.78, 5) is 0. The van der Waals surface area contributed by atoms with E-state index in [1.54, 1.807) is 12.1 Å². The molecule has 0 heterocycles. The molecular weight excluding hydrogens is 384 g/mol. The van der Waals surface area contributed by atoms with Crippen LogP contribution >= 0.6 is 0 Å². The molecule has 0 bridgehead atoms. The molecule has 0 aliphatic heterocycles. The van der Waals surface area contributed by atoms with Gasteiger partial charge in [-0.3, -0.25) is 0 Å². The molecule has 0 spiro atoms. The van der Waals surface area contributed by atoms with E-state index in [1.165, 1.54) is 12.1 Å². The maximum atomic E-state index is 13.2. The smallest absolute Gasteiger partial charge is 0.212 e. The van der Waals surface area contributed by atoms with Gasteiger partial charge in [0.2, 0.25) is 10.0 Å². The Morgan fingerprint density at radius 3 is 2.43 bits per heavy atom. The number of allylic oxidation sites excluding steroid dienone is 1. The number of hydrogen-bond donors (Lipinski definition) is 1. The van der Waals surface area contributed by atoms with Crippen LogP contribution in [0.25, 0.3) is 5.57 Å². The largest absolute Gasteiger partial charge is 0.489 e. The minimum absolute atomic E-state index is 0.0518. The molecule has 2 aromatic carbocycles. The molecule has 0 aromatic heterocycles. The van der Waals surface area contributed by atoms with Crippen molar-refractivity contribution in [1.82, 2.24) is 4.72 Å². The number of benzene rings is 2. The number of halogens is 2. The normalized spacial score (nSPS) is 16.8. The van der Waals surface area contributed by atoms with Gasteiger partial charge in [0, 0.05) is 12.1 Å². The molecule has 28 heavy (non-hydrogen) atoms. The molecule has 150 valence electrons. The number of hydrogen-bond acceptors (Lipinski definition) is 3. The highest BCUT2D eigenvalue weighted by Crippen LogP contribution is 2.30. The summed E-state index contributed by atoms with van der Waals surface area (Å²) >= 11 is 0. The maximum absolute atomic E-state index is 13.2. The molecule has 1 aliphatic rings. The number of rotatable bonds is 8. The van der Waals surface area contributed by atoms with Gasteiger partial charge in [-0.1, -0.05) is 25.1 Å². The first-order valence-corrected chi connectivity index (χ1v) is 10.9. The monoisotopic (exact) mass is 407 g/mol. The van der Waals surface area contributed by atoms with Crippen molar-refractivity contribution in [2.75, 3.05) is 5.75 Å². The SMILES string of the molecule is CCCS(=O)(=O)NC1CCC=C1c1ccc(OCc2cc(F)cc(F)c2)cc1. The Morgan fingerprint density at radius 1 is 1.11 bits per heavy atom. The third-order valence-corrected chi connectivity index (χ3v) is 6.09. The van der Waals surface area contributed by atoms with Gasteiger partial charge in [0.05, 0.1) is 5.75 Å². The van der Waals surface area contributed by atoms with Crippen molar-refractivity contribution in [3.63, 3.8) is 0 Å². The summed E-state index contributed by atoms with van der Waals surface area (Å²) in [6.07, 6.45) is 4.17. The van der Waals surface area contributed by atoms with Crippen LogP contribution in [-0.4, -0.2) is 20.2 Å². The van der Waals surface area contributed by atoms with Gasteiger partial charge in [-0.25, -0.2) is 21.9 Å². The number of sulfonamides is 1. The van der Waals surface area contributed by atoms with Crippen LogP contribution in [-0.2, 0) is 16.6 Å². The van der Waals surface area contributed by atoms with Gasteiger partial charge in [-0.2, -0.15) is 0 Å². The second-order valence-corrected chi connectivity index (χ2v) is 8.69. The van der Waals surface area contributed by atoms with Crippen LogP contribution in [0.3, 0.4) is 0 Å². The fraction of sp³-hybridized carbons (Fsp3) is 0.333. The Kier molecular flexibility index (Phi) is 6.46. The molecule has 3 rings (SSSR count). The number of ether oxygens (including phenoxy) is 1. The fourth-order valence-corrected chi connectivity index (χ4v) is 4.63. The van der Waals surface area contributed by atoms with Crippen molar-refractivity contribution in [3.8, 4) is 5.75 Å². The molecule has 0 saturated carbocycles. The average Bonchev–Trinajstić information content (AvgIpc) is 3.07. The van der Waals surface area contributed by atoms with Gasteiger partial charge in [0.25, 0.3) is 0 Å². The van der Waals surface area contributed by atoms with Gasteiger partial charge in [0.1, 0.15) is 24.0 Å². The second-order valence-electron chi connectivity index (χ2n) is 6.82. The van der Waals surface area contributed by atoms with E-state index in [1.807, 2.05) is 25.1 Å². The van der Waals surface area contributed by atoms with E-state index in [4.69, 9.17) is 4.74 Å². The second kappa shape index (κ2) is 8.84. The minimum Gasteiger partial charge on any atom is -0.489 e. The van der Waals surface area contributed by atoms with Crippen molar-refractivity contribution in [3.05, 3.63) is 71.3 Å². The van der Waals surface area contributed by atoms with E-state index in [0.29, 0.717) is 17.7 Å². The quantitative estimate of drug-likeness (QED) is 0.705. The van der Waals surface area contributed by atoms with Crippen molar-refractivity contribution < 1.29 is 21.9 Å². The zero-order valence-electron chi connectivity index (χ0n) is 15.6. The Balaban J connectivity index is 1.65. The Labute approximate surface area is 164 Å². The summed E-state index contributed by atoms with van der Waals surface area (Å²) in [5, 5.41) is 0. The van der Waals surface area contributed by atoms with E-state index in [9.17, 15) is 17.2 Å². The van der Waals surface area contributed by atoms with Crippen LogP contribution < -0.4 is 9.46 Å². The molecule has 2 aromatic rings. The first-order valence-electron chi connectivity index (χ1n) is 9.24. The Hall–Kier alpha value is -2.25. The van der Waals surface area contributed by atoms with Crippen molar-refractivity contribution in [2.45, 2.75) is 38.8 Å². The summed E-state index contributed by atoms with van der Waals surface area (Å²) in [6.45, 7) is 1.89. The molecule has 0 saturated heterocycles. The van der Waals surface area contributed by atoms with Crippen LogP contribution in [0.2, 0.25) is 0 Å². The zero-order valence-corrected chi connectivity index (χ0v) is 16.4. The summed E-state index contributed by atoms with van der Waals surface area (Å²) < 4.78 is 59.0. The maximum Gasteiger partial charge on any atom is 0.212 e. The van der Waals surface area contributed by atoms with Crippen LogP contribution in [0.5, 0.6) is 5.75 Å². The predicted octanol–water partition coefficient (Wildman–Crippen LogP) is 4.42. The van der Waals surface area contributed by atoms with E-state index >= 15 is 0 Å². The van der Waals surface area contributed by atoms with Crippen LogP contribution in [0, 0.1) is 11.6 Å². The lowest BCUT2D eigenvalue weighted by atomic mass is 10.0. The van der Waals surface area contributed by atoms with Crippen molar-refractivity contribution in [1.29, 1.82) is 0 Å². The van der Waals surface area contributed by atoms with Gasteiger partial charge >= 0.3 is 0 Å². The highest BCUT2D eigenvalue weighted by atomic mass is 32.2. The molecule has 4 nitrogen and oxygen atoms in total. The fourth-order valence-electron chi connectivity index (χ4n) is 3.29. The van der Waals surface area contributed by atoms with Crippen molar-refractivity contribution >= 4 is 15.6 Å². The topological polar surface area (TPSA) is 55.4 Å². The average molecular weight is 407 g/mol. The summed E-state index contributed by atoms with van der Waals surface area (Å²) in [7, 11) is -3.29. The summed E-state index contributed by atoms with van der Waals surface area (Å²) in [5.74, 6) is -0.600. The van der Waals surface area contributed by atoms with Gasteiger partial charge in [-0.05, 0) is 60.2 Å². The van der Waals surface area contributed by atoms with Gasteiger partial charge in [0.15, 0.2) is 0 Å². The third kappa shape index (κ3) is 5.39. The molecule has 0 radical (unpaired) electrons. The molecule has 1 aliphatic carbocycles. The Morgan fingerprint density at radius 2 is 1.79 bits per heavy atom. The predicted molar refractivity (Wildman–Crippen MR) is 105 cm³/mol. The van der Waals surface area contributed by atoms with E-state index in [-0.39, 0.29) is 18.4 Å². The summed E-state index contributed by atoms with van der Waals surface area (Å²) in [5.41, 5.74) is 2.29. The molecule has 1 unspecified atom stereocenters. The molecule has 7 heteroatoms. The molecule has 1 N–H and O–H groups in total. The van der Waals surface area contributed by atoms with Crippen molar-refractivity contribution in [2.24, 2.45) is 0 Å². The molecule has 1 atom stereocenters. The van der Waals surface area contributed by atoms with Crippen LogP contribution in [0.1, 0.15) is 37.3 Å². The van der Waals surface area contributed by atoms with E-state index in [0.717, 1.165) is 30.0 Å². The molecular formula is C21H23F2NO3S. The first kappa shape index (κ1) is 20.5. The lowest BCUT2D eigenvalue weighted by Crippen LogP contribution is -2.35. The number of nitrogens with one attached hydrogen (secondary N) is 1. The molecule has 0 amide bonds. The van der Waals surface area contributed by atoms with Crippen LogP contribution in [0.15, 0.2) is 48.5 Å². The molecule has 0 fully saturated rings. The summed E-state index contributed by atoms with van der Waals surface area (Å²) in [6, 6.07) is 10.3. The highest BCUT2D eigenvalue weighted by Gasteiger charge is 2.25. The zero-order chi connectivity index (χ0) is 20.1. The standard InChI is InChI=1S/C21H23F2NO3S/c1-2-10-28(25,26)24-21-5-3-4-20(21)16-6-8-19(9-7-16)27-14-15-11-17(22)13-18(23)12-15/h4,6-9,11-13,21,24H,2-3,5,10,14H2,1H3. The van der Waals surface area contributed by atoms with Crippen LogP contribution in [0.4, 0.5) is 8.78 Å². The van der Waals surface area contributed by atoms with Gasteiger partial charge < -0.3 is 4.74 Å². The first-order chi connectivity index (χ1) is 13.4. The Bertz CT molecular complexity index is 936. The van der Waals surface area contributed by atoms with Gasteiger partial charge in [-0.15, -0.1) is 0 Å². The lowest BCUT2D eigenvalue weighted by Gasteiger charge is -2.17. The minimum atomic E-state index is -3.29. The highest BCUT2D eigenvalue weighted by molar-refractivity contribution is 7.89. The third-order valence-electron chi connectivity index (χ3n) is 4.51. The van der Waals surface area contributed by atoms with E-state index in [2.05, 4.69) is 4.72 Å². The van der Waals surface area contributed by atoms with E-state index < -0.39 is 21.7 Å².